The van der Waals surface area contributed by atoms with E-state index in [4.69, 9.17) is 17.3 Å². The van der Waals surface area contributed by atoms with Crippen molar-refractivity contribution in [3.8, 4) is 0 Å². The van der Waals surface area contributed by atoms with Crippen molar-refractivity contribution in [2.24, 2.45) is 0 Å². The lowest BCUT2D eigenvalue weighted by molar-refractivity contribution is 1.34. The molecule has 0 aliphatic carbocycles. The SMILES string of the molecule is Nc1ccc(SCc2ccccc2Cl)c2cnccc12. The van der Waals surface area contributed by atoms with Gasteiger partial charge in [-0.05, 0) is 29.8 Å². The van der Waals surface area contributed by atoms with Gasteiger partial charge in [-0.25, -0.2) is 0 Å². The van der Waals surface area contributed by atoms with Crippen LogP contribution in [0.5, 0.6) is 0 Å². The molecule has 4 heteroatoms. The first-order valence-electron chi connectivity index (χ1n) is 6.24. The second-order valence-corrected chi connectivity index (χ2v) is 5.88. The summed E-state index contributed by atoms with van der Waals surface area (Å²) in [6.45, 7) is 0. The van der Waals surface area contributed by atoms with Crippen LogP contribution in [-0.4, -0.2) is 4.98 Å². The Morgan fingerprint density at radius 1 is 1.05 bits per heavy atom. The molecule has 0 aliphatic rings. The molecule has 100 valence electrons. The predicted molar refractivity (Wildman–Crippen MR) is 87.2 cm³/mol. The number of benzene rings is 2. The third kappa shape index (κ3) is 2.60. The number of halogens is 1. The van der Waals surface area contributed by atoms with Crippen LogP contribution in [0.25, 0.3) is 10.8 Å². The van der Waals surface area contributed by atoms with Gasteiger partial charge in [0.05, 0.1) is 0 Å². The molecule has 1 heterocycles. The average molecular weight is 301 g/mol. The lowest BCUT2D eigenvalue weighted by Crippen LogP contribution is -1.89. The van der Waals surface area contributed by atoms with Crippen molar-refractivity contribution in [3.05, 3.63) is 65.4 Å². The molecule has 0 radical (unpaired) electrons. The normalized spacial score (nSPS) is 10.8. The van der Waals surface area contributed by atoms with Gasteiger partial charge in [-0.1, -0.05) is 29.8 Å². The van der Waals surface area contributed by atoms with Gasteiger partial charge in [-0.15, -0.1) is 11.8 Å². The van der Waals surface area contributed by atoms with Crippen LogP contribution >= 0.6 is 23.4 Å². The fourth-order valence-electron chi connectivity index (χ4n) is 2.08. The summed E-state index contributed by atoms with van der Waals surface area (Å²) >= 11 is 7.93. The maximum Gasteiger partial charge on any atom is 0.0446 e. The summed E-state index contributed by atoms with van der Waals surface area (Å²) in [5, 5.41) is 2.94. The first-order valence-corrected chi connectivity index (χ1v) is 7.60. The topological polar surface area (TPSA) is 38.9 Å². The summed E-state index contributed by atoms with van der Waals surface area (Å²) in [6.07, 6.45) is 3.63. The Hall–Kier alpha value is -1.71. The lowest BCUT2D eigenvalue weighted by Gasteiger charge is -2.09. The molecule has 0 fully saturated rings. The van der Waals surface area contributed by atoms with Crippen LogP contribution < -0.4 is 5.73 Å². The number of thioether (sulfide) groups is 1. The van der Waals surface area contributed by atoms with Crippen LogP contribution in [0.1, 0.15) is 5.56 Å². The molecular formula is C16H13ClN2S. The molecule has 0 unspecified atom stereocenters. The van der Waals surface area contributed by atoms with Crippen LogP contribution in [0.3, 0.4) is 0 Å². The maximum atomic E-state index is 6.19. The number of hydrogen-bond donors (Lipinski definition) is 1. The number of nitrogens with zero attached hydrogens (tertiary/aromatic N) is 1. The van der Waals surface area contributed by atoms with E-state index < -0.39 is 0 Å². The number of rotatable bonds is 3. The highest BCUT2D eigenvalue weighted by atomic mass is 35.5. The van der Waals surface area contributed by atoms with Crippen molar-refractivity contribution in [1.29, 1.82) is 0 Å². The van der Waals surface area contributed by atoms with Crippen LogP contribution in [0, 0.1) is 0 Å². The van der Waals surface area contributed by atoms with Gasteiger partial charge in [0.15, 0.2) is 0 Å². The molecule has 20 heavy (non-hydrogen) atoms. The monoisotopic (exact) mass is 300 g/mol. The fraction of sp³-hybridized carbons (Fsp3) is 0.0625. The molecule has 0 bridgehead atoms. The maximum absolute atomic E-state index is 6.19. The molecule has 2 N–H and O–H groups in total. The quantitative estimate of drug-likeness (QED) is 0.560. The van der Waals surface area contributed by atoms with Gasteiger partial charge in [0.1, 0.15) is 0 Å². The molecule has 2 aromatic carbocycles. The third-order valence-corrected chi connectivity index (χ3v) is 4.64. The number of pyridine rings is 1. The van der Waals surface area contributed by atoms with Crippen LogP contribution in [0.4, 0.5) is 5.69 Å². The van der Waals surface area contributed by atoms with Crippen molar-refractivity contribution in [1.82, 2.24) is 4.98 Å². The number of aromatic nitrogens is 1. The summed E-state index contributed by atoms with van der Waals surface area (Å²) in [6, 6.07) is 13.8. The average Bonchev–Trinajstić information content (AvgIpc) is 2.48. The molecule has 0 amide bonds. The summed E-state index contributed by atoms with van der Waals surface area (Å²) in [5.41, 5.74) is 7.91. The number of nitrogen functional groups attached to an aromatic ring is 1. The van der Waals surface area contributed by atoms with E-state index in [1.807, 2.05) is 48.7 Å². The molecule has 3 aromatic rings. The highest BCUT2D eigenvalue weighted by Crippen LogP contribution is 2.33. The van der Waals surface area contributed by atoms with Gasteiger partial charge in [-0.2, -0.15) is 0 Å². The fourth-order valence-corrected chi connectivity index (χ4v) is 3.41. The zero-order valence-electron chi connectivity index (χ0n) is 10.7. The smallest absolute Gasteiger partial charge is 0.0446 e. The third-order valence-electron chi connectivity index (χ3n) is 3.15. The van der Waals surface area contributed by atoms with Crippen molar-refractivity contribution < 1.29 is 0 Å². The molecule has 0 aliphatic heterocycles. The van der Waals surface area contributed by atoms with E-state index in [9.17, 15) is 0 Å². The van der Waals surface area contributed by atoms with Gasteiger partial charge in [0, 0.05) is 44.5 Å². The standard InChI is InChI=1S/C16H13ClN2S/c17-14-4-2-1-3-11(14)10-20-16-6-5-15(18)12-7-8-19-9-13(12)16/h1-9H,10,18H2. The van der Waals surface area contributed by atoms with Crippen LogP contribution in [0.15, 0.2) is 59.8 Å². The van der Waals surface area contributed by atoms with Gasteiger partial charge < -0.3 is 5.73 Å². The Bertz CT molecular complexity index is 758. The predicted octanol–water partition coefficient (Wildman–Crippen LogP) is 4.76. The molecule has 2 nitrogen and oxygen atoms in total. The highest BCUT2D eigenvalue weighted by Gasteiger charge is 2.06. The molecule has 0 saturated carbocycles. The molecular weight excluding hydrogens is 288 g/mol. The Labute approximate surface area is 127 Å². The van der Waals surface area contributed by atoms with Crippen molar-refractivity contribution in [3.63, 3.8) is 0 Å². The minimum Gasteiger partial charge on any atom is -0.398 e. The molecule has 1 aromatic heterocycles. The number of hydrogen-bond acceptors (Lipinski definition) is 3. The van der Waals surface area contributed by atoms with Crippen molar-refractivity contribution in [2.45, 2.75) is 10.6 Å². The Kier molecular flexibility index (Phi) is 3.81. The molecule has 0 saturated heterocycles. The number of nitrogens with two attached hydrogens (primary N) is 1. The van der Waals surface area contributed by atoms with E-state index in [0.717, 1.165) is 32.8 Å². The first kappa shape index (κ1) is 13.3. The highest BCUT2D eigenvalue weighted by molar-refractivity contribution is 7.98. The number of anilines is 1. The first-order chi connectivity index (χ1) is 9.75. The Morgan fingerprint density at radius 3 is 2.75 bits per heavy atom. The van der Waals surface area contributed by atoms with E-state index in [-0.39, 0.29) is 0 Å². The van der Waals surface area contributed by atoms with Gasteiger partial charge in [0.25, 0.3) is 0 Å². The second-order valence-electron chi connectivity index (χ2n) is 4.45. The molecule has 0 spiro atoms. The minimum absolute atomic E-state index is 0.782. The van der Waals surface area contributed by atoms with E-state index in [1.54, 1.807) is 18.0 Å². The Morgan fingerprint density at radius 2 is 1.90 bits per heavy atom. The lowest BCUT2D eigenvalue weighted by atomic mass is 10.1. The van der Waals surface area contributed by atoms with Crippen molar-refractivity contribution in [2.75, 3.05) is 5.73 Å². The van der Waals surface area contributed by atoms with Gasteiger partial charge >= 0.3 is 0 Å². The summed E-state index contributed by atoms with van der Waals surface area (Å²) in [5.74, 6) is 0.827. The van der Waals surface area contributed by atoms with E-state index in [0.29, 0.717) is 0 Å². The summed E-state index contributed by atoms with van der Waals surface area (Å²) < 4.78 is 0. The van der Waals surface area contributed by atoms with Crippen molar-refractivity contribution >= 4 is 39.8 Å². The Balaban J connectivity index is 1.92. The van der Waals surface area contributed by atoms with Crippen LogP contribution in [-0.2, 0) is 5.75 Å². The minimum atomic E-state index is 0.782. The summed E-state index contributed by atoms with van der Waals surface area (Å²) in [7, 11) is 0. The molecule has 3 rings (SSSR count). The van der Waals surface area contributed by atoms with Gasteiger partial charge in [-0.3, -0.25) is 4.98 Å². The van der Waals surface area contributed by atoms with E-state index in [1.165, 1.54) is 4.90 Å². The largest absolute Gasteiger partial charge is 0.398 e. The second kappa shape index (κ2) is 5.73. The zero-order valence-corrected chi connectivity index (χ0v) is 12.3. The summed E-state index contributed by atoms with van der Waals surface area (Å²) in [4.78, 5) is 5.36. The number of fused-ring (bicyclic) bond motifs is 1. The molecule has 0 atom stereocenters. The van der Waals surface area contributed by atoms with E-state index in [2.05, 4.69) is 4.98 Å². The van der Waals surface area contributed by atoms with E-state index >= 15 is 0 Å². The van der Waals surface area contributed by atoms with Gasteiger partial charge in [0.2, 0.25) is 0 Å². The zero-order chi connectivity index (χ0) is 13.9. The van der Waals surface area contributed by atoms with Crippen LogP contribution in [0.2, 0.25) is 5.02 Å².